The number of hydrogen-bond donors (Lipinski definition) is 2. The third-order valence-electron chi connectivity index (χ3n) is 2.45. The van der Waals surface area contributed by atoms with Gasteiger partial charge in [-0.1, -0.05) is 30.3 Å². The van der Waals surface area contributed by atoms with Crippen LogP contribution in [0.15, 0.2) is 30.3 Å². The number of rotatable bonds is 8. The largest absolute Gasteiger partial charge is 0.381 e. The van der Waals surface area contributed by atoms with Crippen molar-refractivity contribution >= 4 is 22.4 Å². The first-order valence-corrected chi connectivity index (χ1v) is 7.56. The summed E-state index contributed by atoms with van der Waals surface area (Å²) in [5.74, 6) is -0.0393. The SMILES string of the molecule is CCOCCS(=O)(=O)NCC(N)c1ccccc1.Cl. The molecule has 0 spiro atoms. The molecule has 0 aromatic heterocycles. The van der Waals surface area contributed by atoms with E-state index in [0.717, 1.165) is 5.56 Å². The molecule has 7 heteroatoms. The summed E-state index contributed by atoms with van der Waals surface area (Å²) in [5.41, 5.74) is 6.81. The van der Waals surface area contributed by atoms with E-state index in [-0.39, 0.29) is 37.4 Å². The predicted octanol–water partition coefficient (Wildman–Crippen LogP) is 1.06. The highest BCUT2D eigenvalue weighted by Gasteiger charge is 2.12. The molecule has 0 radical (unpaired) electrons. The van der Waals surface area contributed by atoms with Crippen molar-refractivity contribution in [3.8, 4) is 0 Å². The molecule has 0 aliphatic heterocycles. The van der Waals surface area contributed by atoms with Crippen LogP contribution in [0.3, 0.4) is 0 Å². The van der Waals surface area contributed by atoms with Crippen LogP contribution in [0.4, 0.5) is 0 Å². The van der Waals surface area contributed by atoms with Crippen LogP contribution >= 0.6 is 12.4 Å². The van der Waals surface area contributed by atoms with Gasteiger partial charge in [0.05, 0.1) is 12.4 Å². The molecule has 1 aromatic carbocycles. The molecule has 0 aliphatic carbocycles. The number of nitrogens with two attached hydrogens (primary N) is 1. The second kappa shape index (κ2) is 9.28. The summed E-state index contributed by atoms with van der Waals surface area (Å²) >= 11 is 0. The van der Waals surface area contributed by atoms with E-state index in [4.69, 9.17) is 10.5 Å². The van der Waals surface area contributed by atoms with E-state index in [0.29, 0.717) is 6.61 Å². The second-order valence-corrected chi connectivity index (χ2v) is 5.81. The van der Waals surface area contributed by atoms with Crippen molar-refractivity contribution in [2.24, 2.45) is 5.73 Å². The van der Waals surface area contributed by atoms with E-state index in [9.17, 15) is 8.42 Å². The molecule has 19 heavy (non-hydrogen) atoms. The van der Waals surface area contributed by atoms with Gasteiger partial charge >= 0.3 is 0 Å². The minimum atomic E-state index is -3.31. The molecule has 5 nitrogen and oxygen atoms in total. The van der Waals surface area contributed by atoms with Crippen LogP contribution in [0.2, 0.25) is 0 Å². The maximum atomic E-state index is 11.6. The maximum absolute atomic E-state index is 11.6. The van der Waals surface area contributed by atoms with Crippen molar-refractivity contribution in [1.29, 1.82) is 0 Å². The molecule has 1 unspecified atom stereocenters. The van der Waals surface area contributed by atoms with Gasteiger partial charge in [0.1, 0.15) is 0 Å². The van der Waals surface area contributed by atoms with Gasteiger partial charge in [-0.25, -0.2) is 13.1 Å². The van der Waals surface area contributed by atoms with Crippen LogP contribution < -0.4 is 10.5 Å². The summed E-state index contributed by atoms with van der Waals surface area (Å²) in [6.45, 7) is 2.73. The van der Waals surface area contributed by atoms with Gasteiger partial charge in [-0.3, -0.25) is 0 Å². The van der Waals surface area contributed by atoms with Crippen molar-refractivity contribution in [1.82, 2.24) is 4.72 Å². The summed E-state index contributed by atoms with van der Waals surface area (Å²) in [4.78, 5) is 0. The Balaban J connectivity index is 0.00000324. The van der Waals surface area contributed by atoms with Gasteiger partial charge in [0.2, 0.25) is 10.0 Å². The summed E-state index contributed by atoms with van der Waals surface area (Å²) in [6, 6.07) is 9.05. The average molecular weight is 309 g/mol. The van der Waals surface area contributed by atoms with Crippen LogP contribution in [0.25, 0.3) is 0 Å². The standard InChI is InChI=1S/C12H20N2O3S.ClH/c1-2-17-8-9-18(15,16)14-10-12(13)11-6-4-3-5-7-11;/h3-7,12,14H,2,8-10,13H2,1H3;1H. The van der Waals surface area contributed by atoms with Gasteiger partial charge in [-0.05, 0) is 12.5 Å². The molecule has 1 atom stereocenters. The topological polar surface area (TPSA) is 81.4 Å². The summed E-state index contributed by atoms with van der Waals surface area (Å²) in [7, 11) is -3.31. The number of ether oxygens (including phenoxy) is 1. The maximum Gasteiger partial charge on any atom is 0.213 e. The van der Waals surface area contributed by atoms with E-state index in [2.05, 4.69) is 4.72 Å². The summed E-state index contributed by atoms with van der Waals surface area (Å²) in [6.07, 6.45) is 0. The Kier molecular flexibility index (Phi) is 8.95. The van der Waals surface area contributed by atoms with Crippen LogP contribution in [0.5, 0.6) is 0 Å². The minimum Gasteiger partial charge on any atom is -0.381 e. The fraction of sp³-hybridized carbons (Fsp3) is 0.500. The highest BCUT2D eigenvalue weighted by atomic mass is 35.5. The third kappa shape index (κ3) is 7.49. The molecule has 0 saturated carbocycles. The Labute approximate surface area is 121 Å². The Bertz CT molecular complexity index is 440. The van der Waals surface area contributed by atoms with E-state index < -0.39 is 10.0 Å². The molecular formula is C12H21ClN2O3S. The van der Waals surface area contributed by atoms with Gasteiger partial charge in [0.15, 0.2) is 0 Å². The molecule has 0 heterocycles. The first kappa shape index (κ1) is 18.3. The fourth-order valence-electron chi connectivity index (χ4n) is 1.42. The number of nitrogens with one attached hydrogen (secondary N) is 1. The monoisotopic (exact) mass is 308 g/mol. The minimum absolute atomic E-state index is 0. The van der Waals surface area contributed by atoms with Gasteiger partial charge in [0.25, 0.3) is 0 Å². The van der Waals surface area contributed by atoms with Crippen molar-refractivity contribution in [3.63, 3.8) is 0 Å². The third-order valence-corrected chi connectivity index (χ3v) is 3.76. The predicted molar refractivity (Wildman–Crippen MR) is 78.9 cm³/mol. The fourth-order valence-corrected chi connectivity index (χ4v) is 2.34. The second-order valence-electron chi connectivity index (χ2n) is 3.88. The Morgan fingerprint density at radius 3 is 2.53 bits per heavy atom. The van der Waals surface area contributed by atoms with Crippen molar-refractivity contribution in [3.05, 3.63) is 35.9 Å². The smallest absolute Gasteiger partial charge is 0.213 e. The van der Waals surface area contributed by atoms with E-state index in [1.54, 1.807) is 0 Å². The molecule has 0 bridgehead atoms. The van der Waals surface area contributed by atoms with Crippen molar-refractivity contribution < 1.29 is 13.2 Å². The van der Waals surface area contributed by atoms with Crippen molar-refractivity contribution in [2.75, 3.05) is 25.5 Å². The van der Waals surface area contributed by atoms with Gasteiger partial charge < -0.3 is 10.5 Å². The highest BCUT2D eigenvalue weighted by molar-refractivity contribution is 7.89. The molecule has 3 N–H and O–H groups in total. The quantitative estimate of drug-likeness (QED) is 0.704. The number of sulfonamides is 1. The molecule has 1 rings (SSSR count). The molecule has 0 fully saturated rings. The average Bonchev–Trinajstić information content (AvgIpc) is 2.37. The molecule has 0 amide bonds. The zero-order valence-electron chi connectivity index (χ0n) is 10.9. The van der Waals surface area contributed by atoms with E-state index in [1.165, 1.54) is 0 Å². The van der Waals surface area contributed by atoms with E-state index in [1.807, 2.05) is 37.3 Å². The molecule has 1 aromatic rings. The zero-order chi connectivity index (χ0) is 13.4. The van der Waals surface area contributed by atoms with Crippen molar-refractivity contribution in [2.45, 2.75) is 13.0 Å². The number of hydrogen-bond acceptors (Lipinski definition) is 4. The van der Waals surface area contributed by atoms with Crippen LogP contribution in [0.1, 0.15) is 18.5 Å². The van der Waals surface area contributed by atoms with Crippen LogP contribution in [0, 0.1) is 0 Å². The van der Waals surface area contributed by atoms with Crippen LogP contribution in [-0.2, 0) is 14.8 Å². The highest BCUT2D eigenvalue weighted by Crippen LogP contribution is 2.08. The molecule has 0 saturated heterocycles. The van der Waals surface area contributed by atoms with Gasteiger partial charge in [-0.2, -0.15) is 0 Å². The molecule has 110 valence electrons. The molecule has 0 aliphatic rings. The summed E-state index contributed by atoms with van der Waals surface area (Å²) < 4.78 is 30.7. The lowest BCUT2D eigenvalue weighted by Gasteiger charge is -2.13. The number of benzene rings is 1. The van der Waals surface area contributed by atoms with Gasteiger partial charge in [-0.15, -0.1) is 12.4 Å². The Hall–Kier alpha value is -0.660. The Morgan fingerprint density at radius 2 is 1.95 bits per heavy atom. The lowest BCUT2D eigenvalue weighted by atomic mass is 10.1. The lowest BCUT2D eigenvalue weighted by Crippen LogP contribution is -2.34. The van der Waals surface area contributed by atoms with Gasteiger partial charge in [0, 0.05) is 19.2 Å². The van der Waals surface area contributed by atoms with Crippen LogP contribution in [-0.4, -0.2) is 33.9 Å². The zero-order valence-corrected chi connectivity index (χ0v) is 12.5. The first-order chi connectivity index (χ1) is 8.55. The first-order valence-electron chi connectivity index (χ1n) is 5.91. The lowest BCUT2D eigenvalue weighted by molar-refractivity contribution is 0.163. The molecular weight excluding hydrogens is 288 g/mol. The van der Waals surface area contributed by atoms with E-state index >= 15 is 0 Å². The summed E-state index contributed by atoms with van der Waals surface area (Å²) in [5, 5.41) is 0. The normalized spacial score (nSPS) is 12.7. The Morgan fingerprint density at radius 1 is 1.32 bits per heavy atom. The number of halogens is 1.